The van der Waals surface area contributed by atoms with Gasteiger partial charge in [-0.2, -0.15) is 0 Å². The van der Waals surface area contributed by atoms with Crippen molar-refractivity contribution < 1.29 is 19.5 Å². The first-order valence-electron chi connectivity index (χ1n) is 9.41. The molecule has 0 saturated carbocycles. The Hall–Kier alpha value is -3.15. The summed E-state index contributed by atoms with van der Waals surface area (Å²) < 4.78 is 0. The molecule has 2 aromatic carbocycles. The fourth-order valence-electron chi connectivity index (χ4n) is 3.49. The number of piperidine rings is 1. The molecule has 6 nitrogen and oxygen atoms in total. The average Bonchev–Trinajstić information content (AvgIpc) is 2.70. The number of likely N-dealkylation sites (tertiary alicyclic amines) is 1. The molecule has 6 heteroatoms. The monoisotopic (exact) mass is 380 g/mol. The number of carboxylic acids is 1. The minimum absolute atomic E-state index is 0.00848. The van der Waals surface area contributed by atoms with Crippen LogP contribution in [0.4, 0.5) is 0 Å². The third-order valence-electron chi connectivity index (χ3n) is 5.19. The van der Waals surface area contributed by atoms with Gasteiger partial charge in [-0.25, -0.2) is 4.79 Å². The summed E-state index contributed by atoms with van der Waals surface area (Å²) in [7, 11) is 0. The van der Waals surface area contributed by atoms with Crippen molar-refractivity contribution in [2.24, 2.45) is 0 Å². The van der Waals surface area contributed by atoms with Crippen molar-refractivity contribution in [3.63, 3.8) is 0 Å². The maximum atomic E-state index is 12.6. The van der Waals surface area contributed by atoms with Gasteiger partial charge in [-0.05, 0) is 43.0 Å². The predicted octanol–water partition coefficient (Wildman–Crippen LogP) is 2.66. The van der Waals surface area contributed by atoms with Gasteiger partial charge in [-0.15, -0.1) is 0 Å². The number of nitrogens with zero attached hydrogens (tertiary/aromatic N) is 1. The smallest absolute Gasteiger partial charge is 0.336 e. The van der Waals surface area contributed by atoms with Crippen LogP contribution in [-0.4, -0.2) is 46.9 Å². The number of amides is 2. The number of rotatable bonds is 5. The van der Waals surface area contributed by atoms with Gasteiger partial charge in [0.15, 0.2) is 0 Å². The van der Waals surface area contributed by atoms with E-state index >= 15 is 0 Å². The lowest BCUT2D eigenvalue weighted by molar-refractivity contribution is -0.131. The molecule has 3 rings (SSSR count). The second kappa shape index (κ2) is 8.69. The predicted molar refractivity (Wildman–Crippen MR) is 105 cm³/mol. The van der Waals surface area contributed by atoms with Crippen molar-refractivity contribution in [1.29, 1.82) is 0 Å². The van der Waals surface area contributed by atoms with Gasteiger partial charge < -0.3 is 15.3 Å². The summed E-state index contributed by atoms with van der Waals surface area (Å²) in [5.41, 5.74) is 2.29. The summed E-state index contributed by atoms with van der Waals surface area (Å²) >= 11 is 0. The first kappa shape index (κ1) is 19.6. The number of carboxylic acid groups (broad SMARTS) is 1. The number of aryl methyl sites for hydroxylation is 1. The van der Waals surface area contributed by atoms with Crippen molar-refractivity contribution in [2.75, 3.05) is 13.1 Å². The highest BCUT2D eigenvalue weighted by Gasteiger charge is 2.25. The summed E-state index contributed by atoms with van der Waals surface area (Å²) in [6, 6.07) is 14.0. The lowest BCUT2D eigenvalue weighted by Crippen LogP contribution is -2.47. The summed E-state index contributed by atoms with van der Waals surface area (Å²) in [5, 5.41) is 12.1. The van der Waals surface area contributed by atoms with E-state index in [1.54, 1.807) is 12.1 Å². The zero-order chi connectivity index (χ0) is 20.1. The van der Waals surface area contributed by atoms with Gasteiger partial charge in [0.05, 0.1) is 17.5 Å². The molecule has 0 aliphatic carbocycles. The number of carbonyl (C=O) groups excluding carboxylic acids is 2. The van der Waals surface area contributed by atoms with Gasteiger partial charge in [-0.3, -0.25) is 9.59 Å². The Morgan fingerprint density at radius 2 is 1.61 bits per heavy atom. The molecule has 0 atom stereocenters. The summed E-state index contributed by atoms with van der Waals surface area (Å²) in [6.07, 6.45) is 1.69. The maximum Gasteiger partial charge on any atom is 0.336 e. The van der Waals surface area contributed by atoms with Crippen molar-refractivity contribution in [2.45, 2.75) is 32.2 Å². The maximum absolute atomic E-state index is 12.6. The van der Waals surface area contributed by atoms with E-state index in [1.807, 2.05) is 36.1 Å². The fourth-order valence-corrected chi connectivity index (χ4v) is 3.49. The Kier molecular flexibility index (Phi) is 6.09. The largest absolute Gasteiger partial charge is 0.478 e. The molecule has 1 aliphatic rings. The molecule has 0 aromatic heterocycles. The molecule has 1 fully saturated rings. The van der Waals surface area contributed by atoms with Crippen LogP contribution < -0.4 is 5.32 Å². The van der Waals surface area contributed by atoms with E-state index in [2.05, 4.69) is 5.32 Å². The minimum atomic E-state index is -1.12. The SMILES string of the molecule is Cc1ccccc1CC(=O)N1CCC(NC(=O)c2ccccc2C(=O)O)CC1. The van der Waals surface area contributed by atoms with E-state index in [4.69, 9.17) is 0 Å². The van der Waals surface area contributed by atoms with Crippen LogP contribution in [0.1, 0.15) is 44.7 Å². The normalized spacial score (nSPS) is 14.5. The molecule has 1 saturated heterocycles. The summed E-state index contributed by atoms with van der Waals surface area (Å²) in [6.45, 7) is 3.16. The molecule has 2 aromatic rings. The van der Waals surface area contributed by atoms with Gasteiger partial charge in [0.2, 0.25) is 5.91 Å². The molecule has 2 amide bonds. The number of carbonyl (C=O) groups is 3. The van der Waals surface area contributed by atoms with Gasteiger partial charge >= 0.3 is 5.97 Å². The zero-order valence-corrected chi connectivity index (χ0v) is 15.9. The first-order chi connectivity index (χ1) is 13.5. The van der Waals surface area contributed by atoms with E-state index in [1.165, 1.54) is 12.1 Å². The Morgan fingerprint density at radius 3 is 2.25 bits per heavy atom. The van der Waals surface area contributed by atoms with Crippen LogP contribution in [0.2, 0.25) is 0 Å². The Morgan fingerprint density at radius 1 is 1.00 bits per heavy atom. The topological polar surface area (TPSA) is 86.7 Å². The molecule has 1 heterocycles. The van der Waals surface area contributed by atoms with E-state index in [9.17, 15) is 19.5 Å². The van der Waals surface area contributed by atoms with Crippen LogP contribution in [0.15, 0.2) is 48.5 Å². The number of nitrogens with one attached hydrogen (secondary N) is 1. The van der Waals surface area contributed by atoms with Crippen LogP contribution in [0, 0.1) is 6.92 Å². The van der Waals surface area contributed by atoms with E-state index in [-0.39, 0.29) is 29.0 Å². The lowest BCUT2D eigenvalue weighted by atomic mass is 10.0. The van der Waals surface area contributed by atoms with Crippen molar-refractivity contribution >= 4 is 17.8 Å². The molecule has 2 N–H and O–H groups in total. The van der Waals surface area contributed by atoms with Gasteiger partial charge in [0.1, 0.15) is 0 Å². The number of hydrogen-bond acceptors (Lipinski definition) is 3. The van der Waals surface area contributed by atoms with E-state index in [0.29, 0.717) is 32.4 Å². The Bertz CT molecular complexity index is 886. The first-order valence-corrected chi connectivity index (χ1v) is 9.41. The number of hydrogen-bond donors (Lipinski definition) is 2. The zero-order valence-electron chi connectivity index (χ0n) is 15.9. The van der Waals surface area contributed by atoms with Crippen LogP contribution in [-0.2, 0) is 11.2 Å². The fraction of sp³-hybridized carbons (Fsp3) is 0.318. The quantitative estimate of drug-likeness (QED) is 0.835. The molecule has 0 radical (unpaired) electrons. The van der Waals surface area contributed by atoms with E-state index < -0.39 is 5.97 Å². The highest BCUT2D eigenvalue weighted by atomic mass is 16.4. The minimum Gasteiger partial charge on any atom is -0.478 e. The standard InChI is InChI=1S/C22H24N2O4/c1-15-6-2-3-7-16(15)14-20(25)24-12-10-17(11-13-24)23-21(26)18-8-4-5-9-19(18)22(27)28/h2-9,17H,10-14H2,1H3,(H,23,26)(H,27,28). The van der Waals surface area contributed by atoms with Crippen LogP contribution in [0.5, 0.6) is 0 Å². The molecule has 1 aliphatic heterocycles. The molecular formula is C22H24N2O4. The number of aromatic carboxylic acids is 1. The molecule has 28 heavy (non-hydrogen) atoms. The highest BCUT2D eigenvalue weighted by molar-refractivity contribution is 6.04. The van der Waals surface area contributed by atoms with Crippen molar-refractivity contribution in [3.05, 3.63) is 70.8 Å². The summed E-state index contributed by atoms with van der Waals surface area (Å²) in [4.78, 5) is 38.2. The average molecular weight is 380 g/mol. The van der Waals surface area contributed by atoms with Crippen LogP contribution in [0.25, 0.3) is 0 Å². The van der Waals surface area contributed by atoms with Crippen LogP contribution in [0.3, 0.4) is 0 Å². The lowest BCUT2D eigenvalue weighted by Gasteiger charge is -2.32. The van der Waals surface area contributed by atoms with Gasteiger partial charge in [0.25, 0.3) is 5.91 Å². The van der Waals surface area contributed by atoms with Gasteiger partial charge in [0, 0.05) is 19.1 Å². The Balaban J connectivity index is 1.54. The van der Waals surface area contributed by atoms with E-state index in [0.717, 1.165) is 11.1 Å². The molecule has 146 valence electrons. The third kappa shape index (κ3) is 4.57. The molecule has 0 spiro atoms. The van der Waals surface area contributed by atoms with Crippen molar-refractivity contribution in [3.8, 4) is 0 Å². The van der Waals surface area contributed by atoms with Crippen molar-refractivity contribution in [1.82, 2.24) is 10.2 Å². The van der Waals surface area contributed by atoms with Gasteiger partial charge in [-0.1, -0.05) is 36.4 Å². The molecular weight excluding hydrogens is 356 g/mol. The third-order valence-corrected chi connectivity index (χ3v) is 5.19. The van der Waals surface area contributed by atoms with Crippen LogP contribution >= 0.6 is 0 Å². The molecule has 0 bridgehead atoms. The highest BCUT2D eigenvalue weighted by Crippen LogP contribution is 2.16. The summed E-state index contributed by atoms with van der Waals surface area (Å²) in [5.74, 6) is -1.42. The number of benzene rings is 2. The molecule has 0 unspecified atom stereocenters. The second-order valence-corrected chi connectivity index (χ2v) is 7.08. The Labute approximate surface area is 164 Å². The second-order valence-electron chi connectivity index (χ2n) is 7.08.